The topological polar surface area (TPSA) is 24.9 Å². The van der Waals surface area contributed by atoms with Gasteiger partial charge in [0.15, 0.2) is 10.8 Å². The minimum atomic E-state index is -4.55. The summed E-state index contributed by atoms with van der Waals surface area (Å²) in [6, 6.07) is 12.0. The van der Waals surface area contributed by atoms with Crippen LogP contribution in [0.2, 0.25) is 5.02 Å². The van der Waals surface area contributed by atoms with Gasteiger partial charge in [0.2, 0.25) is 0 Å². The van der Waals surface area contributed by atoms with Crippen LogP contribution >= 0.6 is 22.9 Å². The molecule has 0 spiro atoms. The second-order valence-electron chi connectivity index (χ2n) is 5.65. The molecule has 1 N–H and O–H groups in total. The van der Waals surface area contributed by atoms with Gasteiger partial charge in [-0.25, -0.2) is 4.98 Å². The Hall–Kier alpha value is -2.05. The molecule has 0 radical (unpaired) electrons. The highest BCUT2D eigenvalue weighted by Crippen LogP contribution is 2.43. The third kappa shape index (κ3) is 3.96. The second-order valence-corrected chi connectivity index (χ2v) is 7.08. The summed E-state index contributed by atoms with van der Waals surface area (Å²) >= 11 is 6.88. The normalized spacial score (nSPS) is 11.6. The lowest BCUT2D eigenvalue weighted by atomic mass is 10.1. The SMILES string of the molecule is Cc1ccc(Nc2nc(C(F)(F)F)c(-c3cccc(Cl)c3)s2)c(C)c1. The van der Waals surface area contributed by atoms with Gasteiger partial charge in [0, 0.05) is 10.7 Å². The molecule has 0 bridgehead atoms. The van der Waals surface area contributed by atoms with Gasteiger partial charge in [-0.1, -0.05) is 52.8 Å². The Labute approximate surface area is 152 Å². The average molecular weight is 383 g/mol. The van der Waals surface area contributed by atoms with Crippen LogP contribution in [0.15, 0.2) is 42.5 Å². The highest BCUT2D eigenvalue weighted by molar-refractivity contribution is 7.19. The van der Waals surface area contributed by atoms with Crippen molar-refractivity contribution in [2.75, 3.05) is 5.32 Å². The summed E-state index contributed by atoms with van der Waals surface area (Å²) in [5.41, 5.74) is 2.23. The smallest absolute Gasteiger partial charge is 0.331 e. The lowest BCUT2D eigenvalue weighted by molar-refractivity contribution is -0.140. The number of alkyl halides is 3. The summed E-state index contributed by atoms with van der Waals surface area (Å²) in [5.74, 6) is 0. The van der Waals surface area contributed by atoms with E-state index in [0.717, 1.165) is 28.2 Å². The molecule has 0 amide bonds. The molecule has 0 unspecified atom stereocenters. The van der Waals surface area contributed by atoms with Crippen molar-refractivity contribution >= 4 is 33.8 Å². The van der Waals surface area contributed by atoms with Crippen molar-refractivity contribution in [1.82, 2.24) is 4.98 Å². The molecule has 0 aliphatic carbocycles. The lowest BCUT2D eigenvalue weighted by Gasteiger charge is -2.07. The van der Waals surface area contributed by atoms with Crippen molar-refractivity contribution in [3.63, 3.8) is 0 Å². The number of thiazole rings is 1. The first kappa shape index (κ1) is 17.8. The third-order valence-corrected chi connectivity index (χ3v) is 4.86. The summed E-state index contributed by atoms with van der Waals surface area (Å²) in [4.78, 5) is 3.83. The number of halogens is 4. The fourth-order valence-electron chi connectivity index (χ4n) is 2.46. The van der Waals surface area contributed by atoms with Crippen LogP contribution in [0, 0.1) is 13.8 Å². The van der Waals surface area contributed by atoms with E-state index in [-0.39, 0.29) is 10.0 Å². The molecule has 0 aliphatic heterocycles. The number of hydrogen-bond donors (Lipinski definition) is 1. The molecule has 130 valence electrons. The van der Waals surface area contributed by atoms with Crippen LogP contribution < -0.4 is 5.32 Å². The van der Waals surface area contributed by atoms with Crippen LogP contribution in [0.3, 0.4) is 0 Å². The number of benzene rings is 2. The Kier molecular flexibility index (Phi) is 4.75. The van der Waals surface area contributed by atoms with Gasteiger partial charge in [0.25, 0.3) is 0 Å². The number of aryl methyl sites for hydroxylation is 2. The highest BCUT2D eigenvalue weighted by atomic mass is 35.5. The molecule has 0 saturated carbocycles. The highest BCUT2D eigenvalue weighted by Gasteiger charge is 2.38. The molecule has 7 heteroatoms. The summed E-state index contributed by atoms with van der Waals surface area (Å²) in [6.45, 7) is 3.85. The van der Waals surface area contributed by atoms with Crippen molar-refractivity contribution in [3.8, 4) is 10.4 Å². The number of rotatable bonds is 3. The van der Waals surface area contributed by atoms with Crippen LogP contribution in [0.5, 0.6) is 0 Å². The fourth-order valence-corrected chi connectivity index (χ4v) is 3.64. The molecule has 3 rings (SSSR count). The maximum Gasteiger partial charge on any atom is 0.434 e. The van der Waals surface area contributed by atoms with Crippen LogP contribution in [-0.4, -0.2) is 4.98 Å². The first-order valence-electron chi connectivity index (χ1n) is 7.42. The fraction of sp³-hybridized carbons (Fsp3) is 0.167. The summed E-state index contributed by atoms with van der Waals surface area (Å²) < 4.78 is 40.2. The Morgan fingerprint density at radius 3 is 2.48 bits per heavy atom. The van der Waals surface area contributed by atoms with Gasteiger partial charge in [-0.3, -0.25) is 0 Å². The van der Waals surface area contributed by atoms with Crippen molar-refractivity contribution < 1.29 is 13.2 Å². The molecular formula is C18H14ClF3N2S. The van der Waals surface area contributed by atoms with E-state index in [1.165, 1.54) is 6.07 Å². The molecule has 0 saturated heterocycles. The summed E-state index contributed by atoms with van der Waals surface area (Å²) in [5, 5.41) is 3.56. The third-order valence-electron chi connectivity index (χ3n) is 3.61. The first-order valence-corrected chi connectivity index (χ1v) is 8.62. The number of anilines is 2. The monoisotopic (exact) mass is 382 g/mol. The van der Waals surface area contributed by atoms with E-state index in [1.807, 2.05) is 32.0 Å². The Balaban J connectivity index is 2.04. The van der Waals surface area contributed by atoms with E-state index >= 15 is 0 Å². The molecule has 2 aromatic carbocycles. The first-order chi connectivity index (χ1) is 11.7. The number of hydrogen-bond acceptors (Lipinski definition) is 3. The molecule has 0 aliphatic rings. The number of nitrogens with zero attached hydrogens (tertiary/aromatic N) is 1. The molecule has 2 nitrogen and oxygen atoms in total. The standard InChI is InChI=1S/C18H14ClF3N2S/c1-10-6-7-14(11(2)8-10)23-17-24-16(18(20,21)22)15(25-17)12-4-3-5-13(19)9-12/h3-9H,1-2H3,(H,23,24). The van der Waals surface area contributed by atoms with Crippen molar-refractivity contribution in [2.45, 2.75) is 20.0 Å². The molecule has 3 aromatic rings. The van der Waals surface area contributed by atoms with E-state index in [2.05, 4.69) is 10.3 Å². The number of nitrogens with one attached hydrogen (secondary N) is 1. The van der Waals surface area contributed by atoms with Crippen molar-refractivity contribution in [3.05, 3.63) is 64.3 Å². The number of aromatic nitrogens is 1. The zero-order valence-corrected chi connectivity index (χ0v) is 15.0. The Morgan fingerprint density at radius 1 is 1.08 bits per heavy atom. The van der Waals surface area contributed by atoms with E-state index < -0.39 is 11.9 Å². The predicted octanol–water partition coefficient (Wildman–Crippen LogP) is 6.84. The average Bonchev–Trinajstić information content (AvgIpc) is 2.94. The van der Waals surface area contributed by atoms with Gasteiger partial charge in [0.05, 0.1) is 4.88 Å². The molecule has 1 heterocycles. The predicted molar refractivity (Wildman–Crippen MR) is 96.8 cm³/mol. The van der Waals surface area contributed by atoms with Crippen LogP contribution in [0.4, 0.5) is 24.0 Å². The van der Waals surface area contributed by atoms with Crippen LogP contribution in [0.1, 0.15) is 16.8 Å². The lowest BCUT2D eigenvalue weighted by Crippen LogP contribution is -2.07. The van der Waals surface area contributed by atoms with E-state index in [1.54, 1.807) is 18.2 Å². The zero-order valence-electron chi connectivity index (χ0n) is 13.4. The van der Waals surface area contributed by atoms with Crippen molar-refractivity contribution in [1.29, 1.82) is 0 Å². The van der Waals surface area contributed by atoms with E-state index in [4.69, 9.17) is 11.6 Å². The molecule has 0 fully saturated rings. The van der Waals surface area contributed by atoms with E-state index in [0.29, 0.717) is 10.6 Å². The molecule has 25 heavy (non-hydrogen) atoms. The largest absolute Gasteiger partial charge is 0.434 e. The van der Waals surface area contributed by atoms with Gasteiger partial charge in [-0.05, 0) is 43.2 Å². The molecule has 1 aromatic heterocycles. The van der Waals surface area contributed by atoms with Gasteiger partial charge in [-0.15, -0.1) is 0 Å². The van der Waals surface area contributed by atoms with Crippen LogP contribution in [-0.2, 0) is 6.18 Å². The van der Waals surface area contributed by atoms with Gasteiger partial charge in [0.1, 0.15) is 0 Å². The minimum Gasteiger partial charge on any atom is -0.331 e. The van der Waals surface area contributed by atoms with Crippen molar-refractivity contribution in [2.24, 2.45) is 0 Å². The quantitative estimate of drug-likeness (QED) is 0.536. The van der Waals surface area contributed by atoms with Crippen LogP contribution in [0.25, 0.3) is 10.4 Å². The summed E-state index contributed by atoms with van der Waals surface area (Å²) in [7, 11) is 0. The van der Waals surface area contributed by atoms with Gasteiger partial charge >= 0.3 is 6.18 Å². The summed E-state index contributed by atoms with van der Waals surface area (Å²) in [6.07, 6.45) is -4.55. The maximum absolute atomic E-state index is 13.4. The maximum atomic E-state index is 13.4. The minimum absolute atomic E-state index is 0.0438. The second kappa shape index (κ2) is 6.69. The Bertz CT molecular complexity index is 919. The zero-order chi connectivity index (χ0) is 18.2. The van der Waals surface area contributed by atoms with Gasteiger partial charge in [-0.2, -0.15) is 13.2 Å². The molecular weight excluding hydrogens is 369 g/mol. The Morgan fingerprint density at radius 2 is 1.84 bits per heavy atom. The molecule has 0 atom stereocenters. The van der Waals surface area contributed by atoms with Gasteiger partial charge < -0.3 is 5.32 Å². The van der Waals surface area contributed by atoms with E-state index in [9.17, 15) is 13.2 Å².